The highest BCUT2D eigenvalue weighted by Gasteiger charge is 2.52. The molecule has 1 aliphatic rings. The lowest BCUT2D eigenvalue weighted by Crippen LogP contribution is -2.45. The topological polar surface area (TPSA) is 82.6 Å². The second-order valence-corrected chi connectivity index (χ2v) is 16.9. The molecule has 7 nitrogen and oxygen atoms in total. The van der Waals surface area contributed by atoms with Crippen molar-refractivity contribution in [3.05, 3.63) is 284 Å². The number of aromatic amines is 1. The summed E-state index contributed by atoms with van der Waals surface area (Å²) in [7, 11) is 0. The zero-order valence-corrected chi connectivity index (χ0v) is 36.0. The Hall–Kier alpha value is -6.17. The lowest BCUT2D eigenvalue weighted by atomic mass is 9.79. The van der Waals surface area contributed by atoms with Crippen molar-refractivity contribution in [3.63, 3.8) is 0 Å². The summed E-state index contributed by atoms with van der Waals surface area (Å²) in [5, 5.41) is 0. The summed E-state index contributed by atoms with van der Waals surface area (Å²) in [6, 6.07) is 71.0. The largest absolute Gasteiger partial charge is 0.358 e. The third-order valence-corrected chi connectivity index (χ3v) is 13.2. The van der Waals surface area contributed by atoms with Crippen LogP contribution in [0.25, 0.3) is 0 Å². The van der Waals surface area contributed by atoms with Gasteiger partial charge in [0, 0.05) is 18.2 Å². The van der Waals surface area contributed by atoms with Crippen molar-refractivity contribution in [1.29, 1.82) is 0 Å². The Labute approximate surface area is 374 Å². The number of rotatable bonds is 14. The van der Waals surface area contributed by atoms with Crippen LogP contribution < -0.4 is 11.2 Å². The van der Waals surface area contributed by atoms with Gasteiger partial charge in [-0.1, -0.05) is 235 Å². The summed E-state index contributed by atoms with van der Waals surface area (Å²) in [5.41, 5.74) is 3.80. The van der Waals surface area contributed by atoms with Gasteiger partial charge in [-0.05, 0) is 38.9 Å². The summed E-state index contributed by atoms with van der Waals surface area (Å²) in [6.07, 6.45) is -0.348. The number of ether oxygens (including phenoxy) is 3. The molecule has 0 aliphatic carbocycles. The number of benzene rings is 7. The molecule has 308 valence electrons. The average Bonchev–Trinajstić information content (AvgIpc) is 3.64. The monoisotopic (exact) mass is 928 g/mol. The third kappa shape index (κ3) is 8.02. The summed E-state index contributed by atoms with van der Waals surface area (Å²) in [5.74, 6) is 0. The highest BCUT2D eigenvalue weighted by Crippen LogP contribution is 2.48. The fourth-order valence-corrected chi connectivity index (χ4v) is 9.62. The molecule has 0 saturated carbocycles. The van der Waals surface area contributed by atoms with Crippen LogP contribution in [0.15, 0.2) is 228 Å². The van der Waals surface area contributed by atoms with Gasteiger partial charge in [0.05, 0.1) is 16.6 Å². The van der Waals surface area contributed by atoms with Gasteiger partial charge in [0.1, 0.15) is 17.3 Å². The van der Waals surface area contributed by atoms with Crippen LogP contribution in [0, 0.1) is 0 Å². The molecule has 4 atom stereocenters. The maximum atomic E-state index is 14.2. The van der Waals surface area contributed by atoms with Gasteiger partial charge in [0.15, 0.2) is 6.23 Å². The number of alkyl halides is 1. The molecule has 1 aliphatic heterocycles. The molecule has 1 N–H and O–H groups in total. The first kappa shape index (κ1) is 41.2. The van der Waals surface area contributed by atoms with Gasteiger partial charge in [-0.3, -0.25) is 14.3 Å². The first-order valence-electron chi connectivity index (χ1n) is 20.8. The van der Waals surface area contributed by atoms with Crippen LogP contribution in [0.3, 0.4) is 0 Å². The zero-order valence-electron chi connectivity index (χ0n) is 33.9. The zero-order chi connectivity index (χ0) is 42.4. The third-order valence-electron chi connectivity index (χ3n) is 11.7. The average molecular weight is 929 g/mol. The molecule has 1 aromatic heterocycles. The molecule has 0 unspecified atom stereocenters. The molecule has 0 radical (unpaired) electrons. The number of halogens is 1. The van der Waals surface area contributed by atoms with Gasteiger partial charge in [0.2, 0.25) is 0 Å². The number of aromatic nitrogens is 2. The summed E-state index contributed by atoms with van der Waals surface area (Å²) >= 11 is 2.42. The van der Waals surface area contributed by atoms with Crippen molar-refractivity contribution in [2.75, 3.05) is 6.61 Å². The van der Waals surface area contributed by atoms with Crippen LogP contribution >= 0.6 is 22.6 Å². The quantitative estimate of drug-likeness (QED) is 0.0668. The van der Waals surface area contributed by atoms with Crippen LogP contribution in [0.2, 0.25) is 0 Å². The molecule has 0 spiro atoms. The molecular formula is C54H45IN2O5. The van der Waals surface area contributed by atoms with Crippen molar-refractivity contribution < 1.29 is 14.2 Å². The predicted molar refractivity (Wildman–Crippen MR) is 252 cm³/mol. The molecule has 8 heteroatoms. The summed E-state index contributed by atoms with van der Waals surface area (Å²) in [4.78, 5) is 30.3. The standard InChI is InChI=1S/C54H45IN2O5/c55-48-47(38-60-53(41-24-10-2-11-25-41,42-26-12-3-13-27-42)43-28-14-4-15-29-43)61-51(57-37-40(50(58)56-52(57)59)36-39-22-8-1-9-23-39)49(48)62-54(44-30-16-5-17-31-44,45-32-18-6-19-33-45)46-34-20-7-21-35-46/h1-35,37,47-49,51H,36,38H2,(H,56,58,59)/t47-,48-,49-,51-/m1/s1. The molecule has 62 heavy (non-hydrogen) atoms. The molecule has 1 saturated heterocycles. The second-order valence-electron chi connectivity index (χ2n) is 15.4. The van der Waals surface area contributed by atoms with Crippen molar-refractivity contribution >= 4 is 22.6 Å². The lowest BCUT2D eigenvalue weighted by Gasteiger charge is -2.40. The van der Waals surface area contributed by atoms with E-state index in [4.69, 9.17) is 14.2 Å². The smallest absolute Gasteiger partial charge is 0.330 e. The van der Waals surface area contributed by atoms with Gasteiger partial charge < -0.3 is 14.2 Å². The highest BCUT2D eigenvalue weighted by molar-refractivity contribution is 14.1. The van der Waals surface area contributed by atoms with E-state index in [0.29, 0.717) is 12.0 Å². The van der Waals surface area contributed by atoms with Crippen molar-refractivity contribution in [2.45, 2.75) is 40.0 Å². The number of H-pyrrole nitrogens is 1. The van der Waals surface area contributed by atoms with E-state index in [1.807, 2.05) is 140 Å². The maximum absolute atomic E-state index is 14.2. The molecule has 7 aromatic carbocycles. The van der Waals surface area contributed by atoms with E-state index in [1.54, 1.807) is 6.20 Å². The predicted octanol–water partition coefficient (Wildman–Crippen LogP) is 10.2. The van der Waals surface area contributed by atoms with Crippen molar-refractivity contribution in [1.82, 2.24) is 9.55 Å². The van der Waals surface area contributed by atoms with Crippen LogP contribution in [-0.4, -0.2) is 32.3 Å². The van der Waals surface area contributed by atoms with Gasteiger partial charge in [0.25, 0.3) is 5.56 Å². The Balaban J connectivity index is 1.20. The van der Waals surface area contributed by atoms with E-state index in [0.717, 1.165) is 38.9 Å². The second kappa shape index (κ2) is 18.4. The fourth-order valence-electron chi connectivity index (χ4n) is 8.74. The summed E-state index contributed by atoms with van der Waals surface area (Å²) < 4.78 is 23.4. The van der Waals surface area contributed by atoms with Gasteiger partial charge in [-0.2, -0.15) is 0 Å². The van der Waals surface area contributed by atoms with E-state index in [1.165, 1.54) is 4.57 Å². The van der Waals surface area contributed by atoms with E-state index in [2.05, 4.69) is 100 Å². The minimum atomic E-state index is -1.14. The fraction of sp³-hybridized carbons (Fsp3) is 0.148. The molecule has 9 rings (SSSR count). The Morgan fingerprint density at radius 1 is 0.532 bits per heavy atom. The number of nitrogens with one attached hydrogen (secondary N) is 1. The van der Waals surface area contributed by atoms with E-state index in [9.17, 15) is 9.59 Å². The van der Waals surface area contributed by atoms with Crippen LogP contribution in [0.4, 0.5) is 0 Å². The molecule has 0 amide bonds. The molecular weight excluding hydrogens is 884 g/mol. The molecule has 1 fully saturated rings. The first-order chi connectivity index (χ1) is 30.5. The van der Waals surface area contributed by atoms with Crippen LogP contribution in [0.1, 0.15) is 50.7 Å². The first-order valence-corrected chi connectivity index (χ1v) is 22.0. The van der Waals surface area contributed by atoms with Crippen molar-refractivity contribution in [2.24, 2.45) is 0 Å². The van der Waals surface area contributed by atoms with Gasteiger partial charge >= 0.3 is 5.69 Å². The van der Waals surface area contributed by atoms with Crippen LogP contribution in [0.5, 0.6) is 0 Å². The molecule has 8 aromatic rings. The summed E-state index contributed by atoms with van der Waals surface area (Å²) in [6.45, 7) is 0.132. The van der Waals surface area contributed by atoms with E-state index < -0.39 is 40.9 Å². The minimum absolute atomic E-state index is 0.132. The minimum Gasteiger partial charge on any atom is -0.358 e. The van der Waals surface area contributed by atoms with E-state index >= 15 is 0 Å². The highest BCUT2D eigenvalue weighted by atomic mass is 127. The Morgan fingerprint density at radius 3 is 1.31 bits per heavy atom. The molecule has 0 bridgehead atoms. The Bertz CT molecular complexity index is 2600. The molecule has 2 heterocycles. The van der Waals surface area contributed by atoms with Gasteiger partial charge in [-0.15, -0.1) is 0 Å². The number of hydrogen-bond acceptors (Lipinski definition) is 5. The normalized spacial score (nSPS) is 17.8. The van der Waals surface area contributed by atoms with Crippen molar-refractivity contribution in [3.8, 4) is 0 Å². The Morgan fingerprint density at radius 2 is 0.903 bits per heavy atom. The van der Waals surface area contributed by atoms with Crippen LogP contribution in [-0.2, 0) is 31.8 Å². The number of nitrogens with zero attached hydrogens (tertiary/aromatic N) is 1. The SMILES string of the molecule is O=c1[nH]c(=O)n([C@@H]2O[C@H](COC(c3ccccc3)(c3ccccc3)c3ccccc3)[C@@H](I)[C@H]2OC(c2ccccc2)(c2ccccc2)c2ccccc2)cc1Cc1ccccc1. The maximum Gasteiger partial charge on any atom is 0.330 e. The lowest BCUT2D eigenvalue weighted by molar-refractivity contribution is -0.119. The Kier molecular flexibility index (Phi) is 12.3. The van der Waals surface area contributed by atoms with Gasteiger partial charge in [-0.25, -0.2) is 4.79 Å². The number of hydrogen-bond donors (Lipinski definition) is 1. The van der Waals surface area contributed by atoms with E-state index in [-0.39, 0.29) is 10.5 Å².